The minimum absolute atomic E-state index is 0.769. The topological polar surface area (TPSA) is 63.2 Å². The number of benzene rings is 1. The van der Waals surface area contributed by atoms with Crippen LogP contribution in [0.5, 0.6) is 5.75 Å². The van der Waals surface area contributed by atoms with Gasteiger partial charge in [0.25, 0.3) is 0 Å². The van der Waals surface area contributed by atoms with Gasteiger partial charge in [0.2, 0.25) is 0 Å². The van der Waals surface area contributed by atoms with Crippen molar-refractivity contribution in [3.05, 3.63) is 52.8 Å². The molecule has 0 unspecified atom stereocenters. The molecular weight excluding hydrogens is 382 g/mol. The summed E-state index contributed by atoms with van der Waals surface area (Å²) in [5.41, 5.74) is 1.09. The van der Waals surface area contributed by atoms with Crippen molar-refractivity contribution in [3.63, 3.8) is 0 Å². The number of aryl methyl sites for hydroxylation is 1. The quantitative estimate of drug-likeness (QED) is 0.609. The Balaban J connectivity index is 1.46. The lowest BCUT2D eigenvalue weighted by Gasteiger charge is -2.28. The van der Waals surface area contributed by atoms with Crippen molar-refractivity contribution >= 4 is 40.3 Å². The van der Waals surface area contributed by atoms with Gasteiger partial charge >= 0.3 is 0 Å². The van der Waals surface area contributed by atoms with Crippen LogP contribution < -0.4 is 15.0 Å². The number of aromatic nitrogens is 3. The fourth-order valence-corrected chi connectivity index (χ4v) is 4.08. The third-order valence-corrected chi connectivity index (χ3v) is 5.67. The molecule has 0 atom stereocenters. The van der Waals surface area contributed by atoms with Crippen molar-refractivity contribution in [2.24, 2.45) is 0 Å². The molecule has 0 aliphatic carbocycles. The zero-order valence-electron chi connectivity index (χ0n) is 16.8. The third-order valence-electron chi connectivity index (χ3n) is 4.80. The Hall–Kier alpha value is -2.93. The highest BCUT2D eigenvalue weighted by molar-refractivity contribution is 7.16. The van der Waals surface area contributed by atoms with Crippen LogP contribution in [0.4, 0.5) is 16.8 Å². The second-order valence-electron chi connectivity index (χ2n) is 7.01. The largest absolute Gasteiger partial charge is 0.497 e. The maximum absolute atomic E-state index is 5.27. The molecule has 4 rings (SSSR count). The van der Waals surface area contributed by atoms with Crippen LogP contribution in [0.25, 0.3) is 12.2 Å². The molecule has 2 aromatic heterocycles. The van der Waals surface area contributed by atoms with E-state index in [1.165, 1.54) is 19.3 Å². The van der Waals surface area contributed by atoms with E-state index >= 15 is 0 Å². The van der Waals surface area contributed by atoms with Crippen LogP contribution in [-0.2, 0) is 0 Å². The number of methoxy groups -OCH3 is 1. The number of rotatable bonds is 6. The van der Waals surface area contributed by atoms with Crippen LogP contribution in [0, 0.1) is 6.92 Å². The fourth-order valence-electron chi connectivity index (χ4n) is 3.36. The van der Waals surface area contributed by atoms with Gasteiger partial charge in [0.1, 0.15) is 23.2 Å². The van der Waals surface area contributed by atoms with E-state index in [0.717, 1.165) is 51.9 Å². The summed E-state index contributed by atoms with van der Waals surface area (Å²) in [6.45, 7) is 4.06. The molecule has 0 bridgehead atoms. The summed E-state index contributed by atoms with van der Waals surface area (Å²) in [5.74, 6) is 3.40. The fraction of sp³-hybridized carbons (Fsp3) is 0.318. The van der Waals surface area contributed by atoms with Gasteiger partial charge in [0.05, 0.1) is 7.11 Å². The van der Waals surface area contributed by atoms with Crippen molar-refractivity contribution in [1.29, 1.82) is 0 Å². The summed E-state index contributed by atoms with van der Waals surface area (Å²) < 4.78 is 5.27. The van der Waals surface area contributed by atoms with Crippen molar-refractivity contribution in [3.8, 4) is 5.75 Å². The van der Waals surface area contributed by atoms with Gasteiger partial charge in [-0.3, -0.25) is 0 Å². The molecule has 29 heavy (non-hydrogen) atoms. The summed E-state index contributed by atoms with van der Waals surface area (Å²) >= 11 is 1.59. The lowest BCUT2D eigenvalue weighted by Crippen LogP contribution is -2.30. The summed E-state index contributed by atoms with van der Waals surface area (Å²) in [6.07, 6.45) is 9.73. The van der Waals surface area contributed by atoms with Crippen LogP contribution in [-0.4, -0.2) is 35.2 Å². The van der Waals surface area contributed by atoms with Gasteiger partial charge in [-0.15, -0.1) is 0 Å². The Morgan fingerprint density at radius 2 is 1.97 bits per heavy atom. The molecule has 0 radical (unpaired) electrons. The van der Waals surface area contributed by atoms with Gasteiger partial charge in [-0.1, -0.05) is 29.5 Å². The van der Waals surface area contributed by atoms with Gasteiger partial charge in [-0.25, -0.2) is 15.0 Å². The van der Waals surface area contributed by atoms with E-state index < -0.39 is 0 Å². The van der Waals surface area contributed by atoms with Crippen LogP contribution >= 0.6 is 11.3 Å². The molecule has 1 aliphatic rings. The number of piperidine rings is 1. The molecule has 1 N–H and O–H groups in total. The van der Waals surface area contributed by atoms with E-state index in [4.69, 9.17) is 4.74 Å². The first-order valence-corrected chi connectivity index (χ1v) is 10.7. The lowest BCUT2D eigenvalue weighted by molar-refractivity contribution is 0.414. The first-order chi connectivity index (χ1) is 14.2. The maximum Gasteiger partial charge on any atom is 0.188 e. The molecule has 1 aromatic carbocycles. The molecule has 1 fully saturated rings. The molecular formula is C22H25N5OS. The van der Waals surface area contributed by atoms with Gasteiger partial charge in [-0.05, 0) is 50.0 Å². The number of nitrogens with one attached hydrogen (secondary N) is 1. The Morgan fingerprint density at radius 1 is 1.10 bits per heavy atom. The van der Waals surface area contributed by atoms with Crippen molar-refractivity contribution in [2.75, 3.05) is 30.4 Å². The Morgan fingerprint density at radius 3 is 2.79 bits per heavy atom. The molecule has 6 nitrogen and oxygen atoms in total. The number of thiazole rings is 1. The number of nitrogens with zero attached hydrogens (tertiary/aromatic N) is 4. The standard InChI is InChI=1S/C22H25N5OS/c1-16-24-20(14-21(25-16)27-11-4-3-5-12-27)26-22-23-15-19(29-22)10-9-17-7-6-8-18(13-17)28-2/h6-10,13-15H,3-5,11-12H2,1-2H3,(H,23,24,25,26)/b10-9+. The van der Waals surface area contributed by atoms with E-state index in [1.54, 1.807) is 18.4 Å². The molecule has 1 aliphatic heterocycles. The molecule has 0 amide bonds. The van der Waals surface area contributed by atoms with Crippen LogP contribution in [0.3, 0.4) is 0 Å². The molecule has 7 heteroatoms. The van der Waals surface area contributed by atoms with Gasteiger partial charge < -0.3 is 15.0 Å². The zero-order chi connectivity index (χ0) is 20.1. The van der Waals surface area contributed by atoms with E-state index in [1.807, 2.05) is 43.5 Å². The smallest absolute Gasteiger partial charge is 0.188 e. The first kappa shape index (κ1) is 19.4. The monoisotopic (exact) mass is 407 g/mol. The van der Waals surface area contributed by atoms with E-state index in [2.05, 4.69) is 37.3 Å². The van der Waals surface area contributed by atoms with Gasteiger partial charge in [-0.2, -0.15) is 0 Å². The molecule has 150 valence electrons. The minimum atomic E-state index is 0.769. The van der Waals surface area contributed by atoms with Gasteiger partial charge in [0, 0.05) is 30.2 Å². The van der Waals surface area contributed by atoms with Crippen molar-refractivity contribution in [1.82, 2.24) is 15.0 Å². The van der Waals surface area contributed by atoms with E-state index in [9.17, 15) is 0 Å². The lowest BCUT2D eigenvalue weighted by atomic mass is 10.1. The molecule has 3 heterocycles. The highest BCUT2D eigenvalue weighted by Gasteiger charge is 2.14. The van der Waals surface area contributed by atoms with Crippen LogP contribution in [0.1, 0.15) is 35.5 Å². The summed E-state index contributed by atoms with van der Waals surface area (Å²) in [5, 5.41) is 4.15. The Kier molecular flexibility index (Phi) is 6.05. The highest BCUT2D eigenvalue weighted by atomic mass is 32.1. The van der Waals surface area contributed by atoms with Crippen molar-refractivity contribution < 1.29 is 4.74 Å². The number of hydrogen-bond acceptors (Lipinski definition) is 7. The SMILES string of the molecule is COc1cccc(/C=C/c2cnc(Nc3cc(N4CCCCC4)nc(C)n3)s2)c1. The highest BCUT2D eigenvalue weighted by Crippen LogP contribution is 2.26. The number of hydrogen-bond donors (Lipinski definition) is 1. The average molecular weight is 408 g/mol. The summed E-state index contributed by atoms with van der Waals surface area (Å²) in [7, 11) is 1.68. The van der Waals surface area contributed by atoms with E-state index in [0.29, 0.717) is 0 Å². The molecule has 1 saturated heterocycles. The zero-order valence-corrected chi connectivity index (χ0v) is 17.6. The summed E-state index contributed by atoms with van der Waals surface area (Å²) in [6, 6.07) is 9.99. The second kappa shape index (κ2) is 9.05. The average Bonchev–Trinajstić information content (AvgIpc) is 3.20. The predicted octanol–water partition coefficient (Wildman–Crippen LogP) is 5.15. The predicted molar refractivity (Wildman–Crippen MR) is 120 cm³/mol. The molecule has 3 aromatic rings. The van der Waals surface area contributed by atoms with Gasteiger partial charge in [0.15, 0.2) is 5.13 Å². The summed E-state index contributed by atoms with van der Waals surface area (Å²) in [4.78, 5) is 17.0. The van der Waals surface area contributed by atoms with Crippen molar-refractivity contribution in [2.45, 2.75) is 26.2 Å². The second-order valence-corrected chi connectivity index (χ2v) is 8.07. The maximum atomic E-state index is 5.27. The normalized spacial score (nSPS) is 14.3. The number of ether oxygens (including phenoxy) is 1. The first-order valence-electron chi connectivity index (χ1n) is 9.85. The third kappa shape index (κ3) is 5.12. The van der Waals surface area contributed by atoms with Crippen LogP contribution in [0.15, 0.2) is 36.5 Å². The number of anilines is 3. The molecule has 0 spiro atoms. The van der Waals surface area contributed by atoms with Crippen LogP contribution in [0.2, 0.25) is 0 Å². The molecule has 0 saturated carbocycles. The Bertz CT molecular complexity index is 994. The Labute approximate surface area is 175 Å². The minimum Gasteiger partial charge on any atom is -0.497 e. The van der Waals surface area contributed by atoms with E-state index in [-0.39, 0.29) is 0 Å².